The normalized spacial score (nSPS) is 17.9. The molecule has 1 atom stereocenters. The van der Waals surface area contributed by atoms with E-state index in [1.54, 1.807) is 0 Å². The van der Waals surface area contributed by atoms with Crippen molar-refractivity contribution in [3.05, 3.63) is 34.9 Å². The quantitative estimate of drug-likeness (QED) is 0.848. The molecule has 1 N–H and O–H groups in total. The van der Waals surface area contributed by atoms with E-state index in [-0.39, 0.29) is 5.91 Å². The minimum absolute atomic E-state index is 0.160. The van der Waals surface area contributed by atoms with Gasteiger partial charge in [0.2, 0.25) is 5.91 Å². The number of aryl methyl sites for hydroxylation is 2. The monoisotopic (exact) mass is 231 g/mol. The zero-order chi connectivity index (χ0) is 12.3. The van der Waals surface area contributed by atoms with Gasteiger partial charge in [0.15, 0.2) is 0 Å². The van der Waals surface area contributed by atoms with E-state index < -0.39 is 0 Å². The molecule has 2 rings (SSSR count). The Bertz CT molecular complexity index is 411. The summed E-state index contributed by atoms with van der Waals surface area (Å²) in [4.78, 5) is 11.2. The molecule has 0 radical (unpaired) electrons. The van der Waals surface area contributed by atoms with Crippen molar-refractivity contribution in [3.8, 4) is 0 Å². The lowest BCUT2D eigenvalue weighted by Crippen LogP contribution is -2.24. The fourth-order valence-corrected chi connectivity index (χ4v) is 2.62. The lowest BCUT2D eigenvalue weighted by molar-refractivity contribution is -0.120. The van der Waals surface area contributed by atoms with Crippen molar-refractivity contribution in [1.29, 1.82) is 0 Å². The molecule has 2 nitrogen and oxygen atoms in total. The summed E-state index contributed by atoms with van der Waals surface area (Å²) in [5.41, 5.74) is 4.35. The highest BCUT2D eigenvalue weighted by molar-refractivity contribution is 5.75. The summed E-state index contributed by atoms with van der Waals surface area (Å²) in [5, 5.41) is 2.97. The first-order chi connectivity index (χ1) is 8.20. The van der Waals surface area contributed by atoms with Crippen LogP contribution < -0.4 is 5.32 Å². The molecule has 0 saturated carbocycles. The average Bonchev–Trinajstić information content (AvgIpc) is 2.72. The van der Waals surface area contributed by atoms with Crippen molar-refractivity contribution in [2.45, 2.75) is 45.4 Å². The maximum atomic E-state index is 11.2. The summed E-state index contributed by atoms with van der Waals surface area (Å²) >= 11 is 0. The van der Waals surface area contributed by atoms with Gasteiger partial charge in [0.1, 0.15) is 0 Å². The van der Waals surface area contributed by atoms with E-state index in [9.17, 15) is 4.79 Å². The second-order valence-corrected chi connectivity index (χ2v) is 4.93. The van der Waals surface area contributed by atoms with Gasteiger partial charge in [-0.3, -0.25) is 4.79 Å². The number of hydrogen-bond donors (Lipinski definition) is 1. The maximum absolute atomic E-state index is 11.2. The van der Waals surface area contributed by atoms with Crippen molar-refractivity contribution in [3.63, 3.8) is 0 Å². The van der Waals surface area contributed by atoms with Gasteiger partial charge in [0, 0.05) is 13.0 Å². The standard InChI is InChI=1S/C15H21NO/c1-3-15(17)16-9-8-13-7-6-12-5-4-11(2)10-14(12)13/h4-5,10,13H,3,6-9H2,1-2H3,(H,16,17). The van der Waals surface area contributed by atoms with E-state index in [2.05, 4.69) is 30.4 Å². The van der Waals surface area contributed by atoms with E-state index in [0.29, 0.717) is 12.3 Å². The summed E-state index contributed by atoms with van der Waals surface area (Å²) in [7, 11) is 0. The lowest BCUT2D eigenvalue weighted by Gasteiger charge is -2.12. The number of carbonyl (C=O) groups is 1. The smallest absolute Gasteiger partial charge is 0.219 e. The molecule has 1 unspecified atom stereocenters. The Hall–Kier alpha value is -1.31. The molecule has 0 saturated heterocycles. The van der Waals surface area contributed by atoms with E-state index in [4.69, 9.17) is 0 Å². The van der Waals surface area contributed by atoms with Gasteiger partial charge in [-0.25, -0.2) is 0 Å². The molecule has 92 valence electrons. The molecule has 0 fully saturated rings. The van der Waals surface area contributed by atoms with Crippen LogP contribution in [0.1, 0.15) is 48.8 Å². The summed E-state index contributed by atoms with van der Waals surface area (Å²) < 4.78 is 0. The van der Waals surface area contributed by atoms with Crippen LogP contribution >= 0.6 is 0 Å². The van der Waals surface area contributed by atoms with Crippen LogP contribution in [0.5, 0.6) is 0 Å². The first-order valence-corrected chi connectivity index (χ1v) is 6.57. The van der Waals surface area contributed by atoms with E-state index in [1.807, 2.05) is 6.92 Å². The predicted octanol–water partition coefficient (Wildman–Crippen LogP) is 2.94. The Morgan fingerprint density at radius 2 is 2.29 bits per heavy atom. The number of rotatable bonds is 4. The van der Waals surface area contributed by atoms with Crippen molar-refractivity contribution >= 4 is 5.91 Å². The third-order valence-corrected chi connectivity index (χ3v) is 3.64. The Morgan fingerprint density at radius 3 is 3.06 bits per heavy atom. The number of hydrogen-bond acceptors (Lipinski definition) is 1. The zero-order valence-electron chi connectivity index (χ0n) is 10.8. The van der Waals surface area contributed by atoms with Crippen LogP contribution in [-0.4, -0.2) is 12.5 Å². The third kappa shape index (κ3) is 2.87. The zero-order valence-corrected chi connectivity index (χ0v) is 10.8. The molecule has 2 heteroatoms. The van der Waals surface area contributed by atoms with Gasteiger partial charge < -0.3 is 5.32 Å². The van der Waals surface area contributed by atoms with Crippen molar-refractivity contribution in [2.24, 2.45) is 0 Å². The lowest BCUT2D eigenvalue weighted by atomic mass is 9.96. The molecule has 1 aromatic carbocycles. The minimum Gasteiger partial charge on any atom is -0.356 e. The van der Waals surface area contributed by atoms with E-state index in [1.165, 1.54) is 29.5 Å². The van der Waals surface area contributed by atoms with Gasteiger partial charge >= 0.3 is 0 Å². The maximum Gasteiger partial charge on any atom is 0.219 e. The highest BCUT2D eigenvalue weighted by Crippen LogP contribution is 2.35. The second kappa shape index (κ2) is 5.35. The molecular weight excluding hydrogens is 210 g/mol. The Morgan fingerprint density at radius 1 is 1.47 bits per heavy atom. The third-order valence-electron chi connectivity index (χ3n) is 3.64. The van der Waals surface area contributed by atoms with Crippen molar-refractivity contribution < 1.29 is 4.79 Å². The molecule has 1 aliphatic carbocycles. The molecule has 17 heavy (non-hydrogen) atoms. The fraction of sp³-hybridized carbons (Fsp3) is 0.533. The van der Waals surface area contributed by atoms with Crippen LogP contribution in [0.2, 0.25) is 0 Å². The molecule has 0 heterocycles. The first-order valence-electron chi connectivity index (χ1n) is 6.57. The Balaban J connectivity index is 1.93. The number of carbonyl (C=O) groups excluding carboxylic acids is 1. The molecule has 0 spiro atoms. The Labute approximate surface area is 103 Å². The van der Waals surface area contributed by atoms with E-state index >= 15 is 0 Å². The topological polar surface area (TPSA) is 29.1 Å². The summed E-state index contributed by atoms with van der Waals surface area (Å²) in [6.07, 6.45) is 4.09. The van der Waals surface area contributed by atoms with Gasteiger partial charge in [0.05, 0.1) is 0 Å². The summed E-state index contributed by atoms with van der Waals surface area (Å²) in [6, 6.07) is 6.77. The van der Waals surface area contributed by atoms with Crippen LogP contribution in [0.15, 0.2) is 18.2 Å². The van der Waals surface area contributed by atoms with Crippen molar-refractivity contribution in [2.75, 3.05) is 6.54 Å². The molecule has 0 aliphatic heterocycles. The van der Waals surface area contributed by atoms with Gasteiger partial charge in [-0.2, -0.15) is 0 Å². The van der Waals surface area contributed by atoms with Gasteiger partial charge in [-0.05, 0) is 43.2 Å². The number of amides is 1. The van der Waals surface area contributed by atoms with E-state index in [0.717, 1.165) is 13.0 Å². The summed E-state index contributed by atoms with van der Waals surface area (Å²) in [6.45, 7) is 4.85. The Kier molecular flexibility index (Phi) is 3.82. The van der Waals surface area contributed by atoms with Gasteiger partial charge in [-0.15, -0.1) is 0 Å². The fourth-order valence-electron chi connectivity index (χ4n) is 2.62. The largest absolute Gasteiger partial charge is 0.356 e. The highest BCUT2D eigenvalue weighted by Gasteiger charge is 2.21. The number of nitrogens with one attached hydrogen (secondary N) is 1. The molecule has 0 bridgehead atoms. The summed E-state index contributed by atoms with van der Waals surface area (Å²) in [5.74, 6) is 0.800. The first kappa shape index (κ1) is 12.2. The van der Waals surface area contributed by atoms with Crippen LogP contribution in [0.25, 0.3) is 0 Å². The second-order valence-electron chi connectivity index (χ2n) is 4.93. The average molecular weight is 231 g/mol. The predicted molar refractivity (Wildman–Crippen MR) is 70.2 cm³/mol. The number of fused-ring (bicyclic) bond motifs is 1. The molecule has 1 aromatic rings. The molecule has 1 amide bonds. The van der Waals surface area contributed by atoms with Crippen molar-refractivity contribution in [1.82, 2.24) is 5.32 Å². The highest BCUT2D eigenvalue weighted by atomic mass is 16.1. The van der Waals surface area contributed by atoms with Crippen LogP contribution in [0.3, 0.4) is 0 Å². The van der Waals surface area contributed by atoms with Crippen LogP contribution in [0, 0.1) is 6.92 Å². The van der Waals surface area contributed by atoms with Gasteiger partial charge in [0.25, 0.3) is 0 Å². The number of benzene rings is 1. The van der Waals surface area contributed by atoms with Crippen LogP contribution in [0.4, 0.5) is 0 Å². The molecule has 1 aliphatic rings. The van der Waals surface area contributed by atoms with Gasteiger partial charge in [-0.1, -0.05) is 30.7 Å². The van der Waals surface area contributed by atoms with Crippen LogP contribution in [-0.2, 0) is 11.2 Å². The minimum atomic E-state index is 0.160. The molecular formula is C15H21NO. The molecule has 0 aromatic heterocycles. The SMILES string of the molecule is CCC(=O)NCCC1CCc2ccc(C)cc21.